The predicted octanol–water partition coefficient (Wildman–Crippen LogP) is 17.3. The highest BCUT2D eigenvalue weighted by Crippen LogP contribution is 2.45. The van der Waals surface area contributed by atoms with Gasteiger partial charge >= 0.3 is 0 Å². The highest BCUT2D eigenvalue weighted by atomic mass is 15.0. The lowest BCUT2D eigenvalue weighted by Crippen LogP contribution is -2.02. The SMILES string of the molecule is c1ccc(-c2nc(-c3ccccc3)nc(-c3cc(-n4c5ccccc5c5cc(-c6ccc7c(c6)c6c8ccccc8ccc6n7-c6ccccc6)ccc54)cc4c5ccccc5c5ccccc5c34)n2)cc1. The molecule has 0 bridgehead atoms. The van der Waals surface area contributed by atoms with Crippen LogP contribution in [0, 0.1) is 0 Å². The van der Waals surface area contributed by atoms with E-state index in [4.69, 9.17) is 15.0 Å². The van der Waals surface area contributed by atoms with Gasteiger partial charge in [0, 0.05) is 55.0 Å². The van der Waals surface area contributed by atoms with Crippen molar-refractivity contribution >= 4 is 86.7 Å². The van der Waals surface area contributed by atoms with E-state index in [1.165, 1.54) is 65.1 Å². The van der Waals surface area contributed by atoms with Crippen LogP contribution in [0.25, 0.3) is 143 Å². The van der Waals surface area contributed by atoms with Gasteiger partial charge in [0.15, 0.2) is 17.5 Å². The van der Waals surface area contributed by atoms with Crippen LogP contribution in [0.3, 0.4) is 0 Å². The Kier molecular flexibility index (Phi) is 8.89. The van der Waals surface area contributed by atoms with E-state index < -0.39 is 0 Å². The van der Waals surface area contributed by atoms with Gasteiger partial charge in [-0.05, 0) is 109 Å². The molecule has 5 heteroatoms. The monoisotopic (exact) mass is 915 g/mol. The van der Waals surface area contributed by atoms with E-state index in [0.717, 1.165) is 60.8 Å². The molecule has 0 N–H and O–H groups in total. The van der Waals surface area contributed by atoms with Gasteiger partial charge in [0.25, 0.3) is 0 Å². The third-order valence-electron chi connectivity index (χ3n) is 14.7. The summed E-state index contributed by atoms with van der Waals surface area (Å²) >= 11 is 0. The Morgan fingerprint density at radius 1 is 0.236 bits per heavy atom. The third-order valence-corrected chi connectivity index (χ3v) is 14.7. The van der Waals surface area contributed by atoms with Crippen molar-refractivity contribution in [2.24, 2.45) is 0 Å². The first kappa shape index (κ1) is 40.2. The van der Waals surface area contributed by atoms with Crippen LogP contribution in [0.2, 0.25) is 0 Å². The van der Waals surface area contributed by atoms with Gasteiger partial charge in [-0.3, -0.25) is 0 Å². The zero-order valence-electron chi connectivity index (χ0n) is 38.9. The largest absolute Gasteiger partial charge is 0.309 e. The summed E-state index contributed by atoms with van der Waals surface area (Å²) in [6.07, 6.45) is 0. The maximum Gasteiger partial charge on any atom is 0.164 e. The quantitative estimate of drug-likeness (QED) is 0.156. The lowest BCUT2D eigenvalue weighted by Gasteiger charge is -2.18. The summed E-state index contributed by atoms with van der Waals surface area (Å²) in [6, 6.07) is 89.5. The molecule has 0 aliphatic carbocycles. The lowest BCUT2D eigenvalue weighted by atomic mass is 9.91. The molecule has 0 fully saturated rings. The number of para-hydroxylation sites is 2. The van der Waals surface area contributed by atoms with Gasteiger partial charge in [0.2, 0.25) is 0 Å². The van der Waals surface area contributed by atoms with E-state index in [1.54, 1.807) is 0 Å². The fourth-order valence-corrected chi connectivity index (χ4v) is 11.5. The zero-order chi connectivity index (χ0) is 47.3. The van der Waals surface area contributed by atoms with Crippen molar-refractivity contribution in [2.45, 2.75) is 0 Å². The van der Waals surface area contributed by atoms with Gasteiger partial charge < -0.3 is 9.13 Å². The van der Waals surface area contributed by atoms with Crippen LogP contribution in [0.4, 0.5) is 0 Å². The molecule has 0 saturated carbocycles. The van der Waals surface area contributed by atoms with Crippen molar-refractivity contribution < 1.29 is 0 Å². The van der Waals surface area contributed by atoms with Gasteiger partial charge in [0.05, 0.1) is 22.1 Å². The lowest BCUT2D eigenvalue weighted by molar-refractivity contribution is 1.07. The molecule has 0 saturated heterocycles. The smallest absolute Gasteiger partial charge is 0.164 e. The Bertz CT molecular complexity index is 4610. The molecule has 0 unspecified atom stereocenters. The first-order chi connectivity index (χ1) is 35.7. The Hall–Kier alpha value is -9.71. The van der Waals surface area contributed by atoms with Crippen molar-refractivity contribution in [1.29, 1.82) is 0 Å². The molecule has 5 nitrogen and oxygen atoms in total. The number of hydrogen-bond donors (Lipinski definition) is 0. The van der Waals surface area contributed by atoms with E-state index in [0.29, 0.717) is 17.5 Å². The number of rotatable bonds is 6. The molecule has 3 aromatic heterocycles. The average Bonchev–Trinajstić information content (AvgIpc) is 3.98. The highest BCUT2D eigenvalue weighted by molar-refractivity contribution is 6.29. The van der Waals surface area contributed by atoms with Crippen molar-refractivity contribution in [1.82, 2.24) is 24.1 Å². The Morgan fingerprint density at radius 2 is 0.708 bits per heavy atom. The Morgan fingerprint density at radius 3 is 1.39 bits per heavy atom. The van der Waals surface area contributed by atoms with E-state index in [1.807, 2.05) is 36.4 Å². The van der Waals surface area contributed by atoms with E-state index >= 15 is 0 Å². The highest BCUT2D eigenvalue weighted by Gasteiger charge is 2.22. The predicted molar refractivity (Wildman–Crippen MR) is 300 cm³/mol. The zero-order valence-corrected chi connectivity index (χ0v) is 38.9. The van der Waals surface area contributed by atoms with Gasteiger partial charge in [-0.2, -0.15) is 0 Å². The second kappa shape index (κ2) is 15.9. The first-order valence-electron chi connectivity index (χ1n) is 24.5. The van der Waals surface area contributed by atoms with Crippen LogP contribution in [0.15, 0.2) is 249 Å². The average molecular weight is 916 g/mol. The van der Waals surface area contributed by atoms with Crippen molar-refractivity contribution in [2.75, 3.05) is 0 Å². The van der Waals surface area contributed by atoms with Crippen molar-refractivity contribution in [3.05, 3.63) is 249 Å². The molecule has 15 rings (SSSR count). The minimum atomic E-state index is 0.620. The maximum absolute atomic E-state index is 5.37. The van der Waals surface area contributed by atoms with Gasteiger partial charge in [-0.15, -0.1) is 0 Å². The standard InChI is InChI=1S/C67H41N5/c1-4-19-43(20-5-1)65-68-66(44-21-6-2-7-22-44)70-67(69-65)58-41-48(40-56-52-28-13-12-26-50(52)51-27-14-15-30-54(51)63(56)58)72-59-31-17-16-29-53(59)55-38-45(33-35-60(55)72)46-34-36-61-57(39-46)64-49-25-11-10-18-42(49)32-37-62(64)71(61)47-23-8-3-9-24-47/h1-41H. The van der Waals surface area contributed by atoms with Gasteiger partial charge in [-0.25, -0.2) is 15.0 Å². The molecule has 0 aliphatic rings. The molecule has 15 aromatic rings. The van der Waals surface area contributed by atoms with Crippen molar-refractivity contribution in [3.8, 4) is 56.7 Å². The van der Waals surface area contributed by atoms with E-state index in [9.17, 15) is 0 Å². The maximum atomic E-state index is 5.37. The molecule has 0 amide bonds. The molecular weight excluding hydrogens is 875 g/mol. The van der Waals surface area contributed by atoms with Crippen LogP contribution < -0.4 is 0 Å². The number of nitrogens with zero attached hydrogens (tertiary/aromatic N) is 5. The third kappa shape index (κ3) is 6.17. The molecule has 3 heterocycles. The molecular formula is C67H41N5. The summed E-state index contributed by atoms with van der Waals surface area (Å²) in [5.41, 5.74) is 12.0. The number of hydrogen-bond acceptors (Lipinski definition) is 3. The number of fused-ring (bicyclic) bond motifs is 14. The second-order valence-electron chi connectivity index (χ2n) is 18.7. The van der Waals surface area contributed by atoms with Gasteiger partial charge in [0.1, 0.15) is 0 Å². The number of aromatic nitrogens is 5. The summed E-state index contributed by atoms with van der Waals surface area (Å²) in [5, 5.41) is 14.3. The summed E-state index contributed by atoms with van der Waals surface area (Å²) in [6.45, 7) is 0. The van der Waals surface area contributed by atoms with Gasteiger partial charge in [-0.1, -0.05) is 188 Å². The minimum absolute atomic E-state index is 0.620. The minimum Gasteiger partial charge on any atom is -0.309 e. The topological polar surface area (TPSA) is 48.5 Å². The van der Waals surface area contributed by atoms with Crippen LogP contribution in [-0.4, -0.2) is 24.1 Å². The molecule has 0 aliphatic heterocycles. The van der Waals surface area contributed by atoms with E-state index in [-0.39, 0.29) is 0 Å². The molecule has 72 heavy (non-hydrogen) atoms. The summed E-state index contributed by atoms with van der Waals surface area (Å²) in [5.74, 6) is 1.88. The molecule has 0 radical (unpaired) electrons. The fourth-order valence-electron chi connectivity index (χ4n) is 11.5. The first-order valence-corrected chi connectivity index (χ1v) is 24.5. The Labute approximate surface area is 414 Å². The Balaban J connectivity index is 0.990. The van der Waals surface area contributed by atoms with Crippen LogP contribution in [0.1, 0.15) is 0 Å². The fraction of sp³-hybridized carbons (Fsp3) is 0. The summed E-state index contributed by atoms with van der Waals surface area (Å²) < 4.78 is 4.84. The number of benzene rings is 12. The normalized spacial score (nSPS) is 11.9. The van der Waals surface area contributed by atoms with Crippen molar-refractivity contribution in [3.63, 3.8) is 0 Å². The molecule has 0 spiro atoms. The van der Waals surface area contributed by atoms with Crippen LogP contribution >= 0.6 is 0 Å². The molecule has 334 valence electrons. The molecule has 12 aromatic carbocycles. The second-order valence-corrected chi connectivity index (χ2v) is 18.7. The van der Waals surface area contributed by atoms with Crippen LogP contribution in [-0.2, 0) is 0 Å². The summed E-state index contributed by atoms with van der Waals surface area (Å²) in [7, 11) is 0. The van der Waals surface area contributed by atoms with Crippen LogP contribution in [0.5, 0.6) is 0 Å². The van der Waals surface area contributed by atoms with E-state index in [2.05, 4.69) is 221 Å². The molecule has 0 atom stereocenters. The summed E-state index contributed by atoms with van der Waals surface area (Å²) in [4.78, 5) is 15.9.